The number of aromatic nitrogens is 2. The molecule has 1 unspecified atom stereocenters. The lowest BCUT2D eigenvalue weighted by Gasteiger charge is -2.09. The Morgan fingerprint density at radius 3 is 2.79 bits per heavy atom. The van der Waals surface area contributed by atoms with Crippen LogP contribution in [-0.4, -0.2) is 29.7 Å². The number of hydrogen-bond acceptors (Lipinski definition) is 4. The lowest BCUT2D eigenvalue weighted by atomic mass is 10.2. The summed E-state index contributed by atoms with van der Waals surface area (Å²) in [7, 11) is -2.85. The highest BCUT2D eigenvalue weighted by atomic mass is 32.2. The molecule has 1 aromatic rings. The van der Waals surface area contributed by atoms with Crippen molar-refractivity contribution in [3.05, 3.63) is 11.8 Å². The Balaban J connectivity index is 2.30. The average Bonchev–Trinajstić information content (AvgIpc) is 2.55. The summed E-state index contributed by atoms with van der Waals surface area (Å²) in [5.41, 5.74) is 6.45. The van der Waals surface area contributed by atoms with Gasteiger partial charge in [0.15, 0.2) is 9.84 Å². The topological polar surface area (TPSA) is 78.0 Å². The number of anilines is 1. The van der Waals surface area contributed by atoms with E-state index in [0.717, 1.165) is 5.69 Å². The SMILES string of the molecule is Cc1cc(N)nn1C1CCS(=O)(=O)C1. The van der Waals surface area contributed by atoms with Gasteiger partial charge in [-0.1, -0.05) is 0 Å². The van der Waals surface area contributed by atoms with Crippen molar-refractivity contribution < 1.29 is 8.42 Å². The minimum Gasteiger partial charge on any atom is -0.382 e. The molecule has 5 nitrogen and oxygen atoms in total. The molecule has 2 N–H and O–H groups in total. The molecule has 0 amide bonds. The number of aryl methyl sites for hydroxylation is 1. The van der Waals surface area contributed by atoms with Gasteiger partial charge in [-0.05, 0) is 13.3 Å². The van der Waals surface area contributed by atoms with Crippen LogP contribution in [0.2, 0.25) is 0 Å². The molecule has 1 atom stereocenters. The van der Waals surface area contributed by atoms with Gasteiger partial charge in [-0.15, -0.1) is 0 Å². The predicted octanol–water partition coefficient (Wildman–Crippen LogP) is 0.133. The Bertz CT molecular complexity index is 449. The van der Waals surface area contributed by atoms with Gasteiger partial charge in [-0.2, -0.15) is 5.10 Å². The van der Waals surface area contributed by atoms with Crippen LogP contribution in [0.5, 0.6) is 0 Å². The van der Waals surface area contributed by atoms with Gasteiger partial charge in [0.1, 0.15) is 5.82 Å². The molecule has 0 saturated carbocycles. The van der Waals surface area contributed by atoms with E-state index >= 15 is 0 Å². The molecule has 2 heterocycles. The number of sulfone groups is 1. The van der Waals surface area contributed by atoms with Crippen molar-refractivity contribution in [3.63, 3.8) is 0 Å². The molecule has 0 bridgehead atoms. The predicted molar refractivity (Wildman–Crippen MR) is 53.7 cm³/mol. The van der Waals surface area contributed by atoms with Crippen LogP contribution in [0.15, 0.2) is 6.07 Å². The van der Waals surface area contributed by atoms with E-state index in [1.807, 2.05) is 6.92 Å². The van der Waals surface area contributed by atoms with E-state index in [-0.39, 0.29) is 17.5 Å². The molecule has 1 fully saturated rings. The molecule has 0 spiro atoms. The first-order chi connectivity index (χ1) is 6.48. The fourth-order valence-electron chi connectivity index (χ4n) is 1.85. The minimum atomic E-state index is -2.85. The monoisotopic (exact) mass is 215 g/mol. The van der Waals surface area contributed by atoms with Crippen molar-refractivity contribution in [2.45, 2.75) is 19.4 Å². The van der Waals surface area contributed by atoms with E-state index in [4.69, 9.17) is 5.73 Å². The molecule has 78 valence electrons. The molecule has 2 rings (SSSR count). The third-order valence-electron chi connectivity index (χ3n) is 2.50. The van der Waals surface area contributed by atoms with Crippen molar-refractivity contribution in [3.8, 4) is 0 Å². The number of nitrogens with zero attached hydrogens (tertiary/aromatic N) is 2. The van der Waals surface area contributed by atoms with Gasteiger partial charge in [0.25, 0.3) is 0 Å². The summed E-state index contributed by atoms with van der Waals surface area (Å²) >= 11 is 0. The summed E-state index contributed by atoms with van der Waals surface area (Å²) in [6, 6.07) is 1.72. The molecule has 6 heteroatoms. The van der Waals surface area contributed by atoms with Crippen molar-refractivity contribution in [2.75, 3.05) is 17.2 Å². The van der Waals surface area contributed by atoms with Gasteiger partial charge < -0.3 is 5.73 Å². The summed E-state index contributed by atoms with van der Waals surface area (Å²) in [6.07, 6.45) is 0.643. The Morgan fingerprint density at radius 1 is 1.64 bits per heavy atom. The second-order valence-corrected chi connectivity index (χ2v) is 5.94. The highest BCUT2D eigenvalue weighted by molar-refractivity contribution is 7.91. The average molecular weight is 215 g/mol. The lowest BCUT2D eigenvalue weighted by molar-refractivity contribution is 0.490. The van der Waals surface area contributed by atoms with E-state index in [1.165, 1.54) is 0 Å². The van der Waals surface area contributed by atoms with Crippen molar-refractivity contribution in [2.24, 2.45) is 0 Å². The van der Waals surface area contributed by atoms with Gasteiger partial charge in [-0.25, -0.2) is 8.42 Å². The fourth-order valence-corrected chi connectivity index (χ4v) is 3.54. The molecule has 1 aromatic heterocycles. The zero-order valence-electron chi connectivity index (χ0n) is 7.97. The van der Waals surface area contributed by atoms with Crippen LogP contribution in [0.4, 0.5) is 5.82 Å². The second kappa shape index (κ2) is 2.98. The van der Waals surface area contributed by atoms with Crippen LogP contribution in [0, 0.1) is 6.92 Å². The lowest BCUT2D eigenvalue weighted by Crippen LogP contribution is -2.13. The molecule has 1 aliphatic heterocycles. The molecule has 0 aromatic carbocycles. The van der Waals surface area contributed by atoms with Crippen molar-refractivity contribution in [1.82, 2.24) is 9.78 Å². The number of nitrogens with two attached hydrogens (primary N) is 1. The highest BCUT2D eigenvalue weighted by Gasteiger charge is 2.30. The third-order valence-corrected chi connectivity index (χ3v) is 4.25. The van der Waals surface area contributed by atoms with Crippen molar-refractivity contribution in [1.29, 1.82) is 0 Å². The zero-order valence-corrected chi connectivity index (χ0v) is 8.79. The quantitative estimate of drug-likeness (QED) is 0.722. The standard InChI is InChI=1S/C8H13N3O2S/c1-6-4-8(9)10-11(6)7-2-3-14(12,13)5-7/h4,7H,2-3,5H2,1H3,(H2,9,10). The fraction of sp³-hybridized carbons (Fsp3) is 0.625. The van der Waals surface area contributed by atoms with Crippen LogP contribution < -0.4 is 5.73 Å². The molecule has 1 aliphatic rings. The number of rotatable bonds is 1. The van der Waals surface area contributed by atoms with E-state index in [1.54, 1.807) is 10.7 Å². The first kappa shape index (κ1) is 9.51. The van der Waals surface area contributed by atoms with E-state index in [9.17, 15) is 8.42 Å². The largest absolute Gasteiger partial charge is 0.382 e. The molecule has 1 saturated heterocycles. The molecule has 14 heavy (non-hydrogen) atoms. The van der Waals surface area contributed by atoms with Gasteiger partial charge in [0.2, 0.25) is 0 Å². The first-order valence-electron chi connectivity index (χ1n) is 4.50. The van der Waals surface area contributed by atoms with Gasteiger partial charge >= 0.3 is 0 Å². The van der Waals surface area contributed by atoms with E-state index in [2.05, 4.69) is 5.10 Å². The maximum Gasteiger partial charge on any atom is 0.152 e. The summed E-state index contributed by atoms with van der Waals surface area (Å²) in [5, 5.41) is 4.09. The number of nitrogen functional groups attached to an aromatic ring is 1. The Morgan fingerprint density at radius 2 is 2.36 bits per heavy atom. The van der Waals surface area contributed by atoms with Crippen molar-refractivity contribution >= 4 is 15.7 Å². The van der Waals surface area contributed by atoms with Crippen LogP contribution >= 0.6 is 0 Å². The Labute approximate surface area is 82.8 Å². The summed E-state index contributed by atoms with van der Waals surface area (Å²) in [5.74, 6) is 0.901. The first-order valence-corrected chi connectivity index (χ1v) is 6.32. The van der Waals surface area contributed by atoms with Gasteiger partial charge in [0.05, 0.1) is 17.5 Å². The zero-order chi connectivity index (χ0) is 10.3. The van der Waals surface area contributed by atoms with Gasteiger partial charge in [-0.3, -0.25) is 4.68 Å². The number of hydrogen-bond donors (Lipinski definition) is 1. The molecular weight excluding hydrogens is 202 g/mol. The maximum atomic E-state index is 11.3. The molecule has 0 radical (unpaired) electrons. The van der Waals surface area contributed by atoms with E-state index in [0.29, 0.717) is 12.2 Å². The summed E-state index contributed by atoms with van der Waals surface area (Å²) in [6.45, 7) is 1.88. The van der Waals surface area contributed by atoms with Gasteiger partial charge in [0, 0.05) is 11.8 Å². The summed E-state index contributed by atoms with van der Waals surface area (Å²) < 4.78 is 24.2. The summed E-state index contributed by atoms with van der Waals surface area (Å²) in [4.78, 5) is 0. The van der Waals surface area contributed by atoms with Crippen LogP contribution in [0.1, 0.15) is 18.2 Å². The van der Waals surface area contributed by atoms with Crippen LogP contribution in [0.3, 0.4) is 0 Å². The van der Waals surface area contributed by atoms with Crippen LogP contribution in [-0.2, 0) is 9.84 Å². The third kappa shape index (κ3) is 1.61. The smallest absolute Gasteiger partial charge is 0.152 e. The Hall–Kier alpha value is -1.04. The molecule has 0 aliphatic carbocycles. The normalized spacial score (nSPS) is 25.4. The maximum absolute atomic E-state index is 11.3. The molecular formula is C8H13N3O2S. The highest BCUT2D eigenvalue weighted by Crippen LogP contribution is 2.24. The Kier molecular flexibility index (Phi) is 2.02. The minimum absolute atomic E-state index is 0.0303. The van der Waals surface area contributed by atoms with E-state index < -0.39 is 9.84 Å². The second-order valence-electron chi connectivity index (χ2n) is 3.71. The van der Waals surface area contributed by atoms with Crippen LogP contribution in [0.25, 0.3) is 0 Å².